The van der Waals surface area contributed by atoms with Crippen molar-refractivity contribution >= 4 is 40.5 Å². The third-order valence-electron chi connectivity index (χ3n) is 5.45. The molecule has 3 rings (SSSR count). The quantitative estimate of drug-likeness (QED) is 0.169. The van der Waals surface area contributed by atoms with Crippen molar-refractivity contribution in [1.82, 2.24) is 10.6 Å². The first-order valence-electron chi connectivity index (χ1n) is 11.2. The van der Waals surface area contributed by atoms with Crippen LogP contribution in [0.1, 0.15) is 31.8 Å². The summed E-state index contributed by atoms with van der Waals surface area (Å²) in [5, 5.41) is 23.0. The van der Waals surface area contributed by atoms with E-state index in [0.717, 1.165) is 17.2 Å². The second-order valence-corrected chi connectivity index (χ2v) is 7.70. The lowest BCUT2D eigenvalue weighted by Gasteiger charge is -2.10. The first-order valence-corrected chi connectivity index (χ1v) is 11.2. The highest BCUT2D eigenvalue weighted by Crippen LogP contribution is 2.23. The van der Waals surface area contributed by atoms with Gasteiger partial charge >= 0.3 is 0 Å². The number of hydrogen-bond acceptors (Lipinski definition) is 6. The van der Waals surface area contributed by atoms with Gasteiger partial charge in [0, 0.05) is 62.3 Å². The molecule has 0 aromatic heterocycles. The van der Waals surface area contributed by atoms with E-state index in [2.05, 4.69) is 31.3 Å². The zero-order valence-electron chi connectivity index (χ0n) is 20.8. The van der Waals surface area contributed by atoms with Crippen molar-refractivity contribution in [2.45, 2.75) is 0 Å². The van der Waals surface area contributed by atoms with Crippen molar-refractivity contribution < 1.29 is 14.5 Å². The Bertz CT molecular complexity index is 1360. The second kappa shape index (κ2) is 12.1. The second-order valence-electron chi connectivity index (χ2n) is 7.70. The van der Waals surface area contributed by atoms with Gasteiger partial charge in [-0.1, -0.05) is 0 Å². The number of anilines is 2. The van der Waals surface area contributed by atoms with E-state index in [1.807, 2.05) is 0 Å². The Hall–Kier alpha value is -5.06. The largest absolute Gasteiger partial charge is 0.373 e. The van der Waals surface area contributed by atoms with Crippen molar-refractivity contribution in [3.05, 3.63) is 99.1 Å². The Labute approximate surface area is 213 Å². The number of nitro benzene ring substituents is 1. The lowest BCUT2D eigenvalue weighted by molar-refractivity contribution is -0.385. The van der Waals surface area contributed by atoms with Crippen molar-refractivity contribution in [1.29, 1.82) is 0 Å². The van der Waals surface area contributed by atoms with E-state index in [1.54, 1.807) is 76.7 Å². The van der Waals surface area contributed by atoms with Gasteiger partial charge in [-0.2, -0.15) is 0 Å². The number of nitro groups is 1. The maximum absolute atomic E-state index is 12.8. The Morgan fingerprint density at radius 3 is 1.54 bits per heavy atom. The van der Waals surface area contributed by atoms with Crippen LogP contribution in [0.15, 0.2) is 76.7 Å². The van der Waals surface area contributed by atoms with Crippen LogP contribution in [0.2, 0.25) is 0 Å². The fourth-order valence-electron chi connectivity index (χ4n) is 3.61. The molecular formula is C26H27N7O4. The summed E-state index contributed by atoms with van der Waals surface area (Å²) >= 11 is 0. The number of amides is 2. The summed E-state index contributed by atoms with van der Waals surface area (Å²) < 4.78 is 0. The van der Waals surface area contributed by atoms with Crippen molar-refractivity contribution in [2.75, 3.05) is 38.8 Å². The van der Waals surface area contributed by atoms with E-state index in [0.29, 0.717) is 23.0 Å². The number of nitrogens with one attached hydrogen (secondary N) is 4. The highest BCUT2D eigenvalue weighted by atomic mass is 16.6. The van der Waals surface area contributed by atoms with Crippen LogP contribution in [0.3, 0.4) is 0 Å². The van der Waals surface area contributed by atoms with Gasteiger partial charge in [0.2, 0.25) is 0 Å². The molecule has 190 valence electrons. The number of carbonyl (C=O) groups excluding carboxylic acids is 2. The molecule has 0 saturated carbocycles. The van der Waals surface area contributed by atoms with Crippen molar-refractivity contribution in [3.63, 3.8) is 0 Å². The third kappa shape index (κ3) is 6.34. The average molecular weight is 502 g/mol. The molecule has 3 aromatic rings. The molecule has 0 fully saturated rings. The van der Waals surface area contributed by atoms with Gasteiger partial charge in [-0.3, -0.25) is 29.7 Å². The molecule has 0 aliphatic heterocycles. The summed E-state index contributed by atoms with van der Waals surface area (Å²) in [6, 6.07) is 17.5. The number of nitrogens with zero attached hydrogens (tertiary/aromatic N) is 3. The highest BCUT2D eigenvalue weighted by Gasteiger charge is 2.23. The molecule has 0 bridgehead atoms. The van der Waals surface area contributed by atoms with Crippen LogP contribution < -0.4 is 21.3 Å². The summed E-state index contributed by atoms with van der Waals surface area (Å²) in [6.07, 6.45) is 0. The molecular weight excluding hydrogens is 474 g/mol. The standard InChI is InChI=1S/C26H27N7O4/c1-27-23(28-2)16-5-10-19(11-6-16)31-25(34)18-9-14-21(22(15-18)33(36)37)26(35)32-20-12-7-17(8-13-20)24(29-3)30-4/h5-15H,1-4H3,(H,27,28)(H,29,30)(H,31,34)(H,32,35). The number of amidine groups is 2. The van der Waals surface area contributed by atoms with Gasteiger partial charge in [0.15, 0.2) is 0 Å². The topological polar surface area (TPSA) is 150 Å². The number of hydrogen-bond donors (Lipinski definition) is 4. The molecule has 3 aromatic carbocycles. The molecule has 0 aliphatic rings. The van der Waals surface area contributed by atoms with Crippen LogP contribution in [-0.2, 0) is 0 Å². The van der Waals surface area contributed by atoms with Gasteiger partial charge in [-0.25, -0.2) is 0 Å². The molecule has 0 aliphatic carbocycles. The minimum Gasteiger partial charge on any atom is -0.373 e. The first kappa shape index (κ1) is 26.5. The number of rotatable bonds is 7. The maximum atomic E-state index is 12.8. The molecule has 2 amide bonds. The molecule has 0 saturated heterocycles. The van der Waals surface area contributed by atoms with Crippen LogP contribution in [-0.4, -0.2) is 56.6 Å². The van der Waals surface area contributed by atoms with Crippen LogP contribution in [0, 0.1) is 10.1 Å². The number of benzene rings is 3. The Kier molecular flexibility index (Phi) is 8.66. The van der Waals surface area contributed by atoms with Gasteiger partial charge in [0.25, 0.3) is 17.5 Å². The van der Waals surface area contributed by atoms with Crippen LogP contribution in [0.5, 0.6) is 0 Å². The lowest BCUT2D eigenvalue weighted by Crippen LogP contribution is -2.19. The number of aliphatic imine (C=N–C) groups is 2. The van der Waals surface area contributed by atoms with Gasteiger partial charge < -0.3 is 21.3 Å². The molecule has 0 heterocycles. The van der Waals surface area contributed by atoms with E-state index >= 15 is 0 Å². The third-order valence-corrected chi connectivity index (χ3v) is 5.45. The van der Waals surface area contributed by atoms with Gasteiger partial charge in [0.05, 0.1) is 4.92 Å². The first-order chi connectivity index (χ1) is 17.8. The molecule has 37 heavy (non-hydrogen) atoms. The highest BCUT2D eigenvalue weighted by molar-refractivity contribution is 6.10. The molecule has 11 heteroatoms. The zero-order valence-corrected chi connectivity index (χ0v) is 20.8. The predicted octanol–water partition coefficient (Wildman–Crippen LogP) is 3.29. The van der Waals surface area contributed by atoms with Crippen LogP contribution in [0.4, 0.5) is 17.1 Å². The van der Waals surface area contributed by atoms with E-state index in [9.17, 15) is 19.7 Å². The van der Waals surface area contributed by atoms with Crippen molar-refractivity contribution in [2.24, 2.45) is 9.98 Å². The zero-order chi connectivity index (χ0) is 26.9. The fraction of sp³-hybridized carbons (Fsp3) is 0.154. The van der Waals surface area contributed by atoms with E-state index in [4.69, 9.17) is 0 Å². The minimum absolute atomic E-state index is 0.0427. The van der Waals surface area contributed by atoms with Gasteiger partial charge in [-0.15, -0.1) is 0 Å². The lowest BCUT2D eigenvalue weighted by atomic mass is 10.1. The summed E-state index contributed by atoms with van der Waals surface area (Å²) in [5.41, 5.74) is 2.01. The SMILES string of the molecule is CN=C(NC)c1ccc(NC(=O)c2ccc(C(=O)Nc3ccc(C(=NC)NC)cc3)c([N+](=O)[O-])c2)cc1. The van der Waals surface area contributed by atoms with E-state index in [1.165, 1.54) is 12.1 Å². The smallest absolute Gasteiger partial charge is 0.282 e. The maximum Gasteiger partial charge on any atom is 0.282 e. The Morgan fingerprint density at radius 1 is 0.703 bits per heavy atom. The van der Waals surface area contributed by atoms with Crippen LogP contribution in [0.25, 0.3) is 0 Å². The predicted molar refractivity (Wildman–Crippen MR) is 145 cm³/mol. The van der Waals surface area contributed by atoms with Gasteiger partial charge in [-0.05, 0) is 60.7 Å². The van der Waals surface area contributed by atoms with E-state index in [-0.39, 0.29) is 11.1 Å². The fourth-order valence-corrected chi connectivity index (χ4v) is 3.61. The number of carbonyl (C=O) groups is 2. The van der Waals surface area contributed by atoms with Crippen LogP contribution >= 0.6 is 0 Å². The summed E-state index contributed by atoms with van der Waals surface area (Å²) in [4.78, 5) is 44.8. The van der Waals surface area contributed by atoms with Gasteiger partial charge in [0.1, 0.15) is 17.2 Å². The normalized spacial score (nSPS) is 11.5. The summed E-state index contributed by atoms with van der Waals surface area (Å²) in [6.45, 7) is 0. The van der Waals surface area contributed by atoms with E-state index < -0.39 is 22.4 Å². The minimum atomic E-state index is -0.691. The van der Waals surface area contributed by atoms with Crippen molar-refractivity contribution in [3.8, 4) is 0 Å². The molecule has 0 radical (unpaired) electrons. The molecule has 4 N–H and O–H groups in total. The molecule has 0 atom stereocenters. The molecule has 0 unspecified atom stereocenters. The monoisotopic (exact) mass is 501 g/mol. The molecule has 0 spiro atoms. The Morgan fingerprint density at radius 2 is 1.14 bits per heavy atom. The summed E-state index contributed by atoms with van der Waals surface area (Å²) in [5.74, 6) is 0.152. The summed E-state index contributed by atoms with van der Waals surface area (Å²) in [7, 11) is 6.83. The average Bonchev–Trinajstić information content (AvgIpc) is 2.91. The Balaban J connectivity index is 1.77. The molecule has 11 nitrogen and oxygen atoms in total.